The number of carbonyl (C=O) groups is 1. The zero-order chi connectivity index (χ0) is 15.4. The van der Waals surface area contributed by atoms with Crippen molar-refractivity contribution in [1.29, 1.82) is 5.26 Å². The normalized spacial score (nSPS) is 9.76. The lowest BCUT2D eigenvalue weighted by atomic mass is 10.1. The Bertz CT molecular complexity index is 738. The van der Waals surface area contributed by atoms with Gasteiger partial charge in [-0.1, -0.05) is 11.6 Å². The third-order valence-corrected chi connectivity index (χ3v) is 3.09. The molecular formula is C15H11ClN2O3. The van der Waals surface area contributed by atoms with Gasteiger partial charge in [0.2, 0.25) is 0 Å². The lowest BCUT2D eigenvalue weighted by Crippen LogP contribution is -2.12. The van der Waals surface area contributed by atoms with Crippen LogP contribution in [-0.4, -0.2) is 18.1 Å². The van der Waals surface area contributed by atoms with Crippen LogP contribution in [0.25, 0.3) is 0 Å². The van der Waals surface area contributed by atoms with E-state index in [0.717, 1.165) is 0 Å². The molecule has 0 aliphatic rings. The molecule has 1 amide bonds. The maximum atomic E-state index is 12.1. The van der Waals surface area contributed by atoms with Crippen LogP contribution in [0.4, 0.5) is 5.69 Å². The van der Waals surface area contributed by atoms with Crippen molar-refractivity contribution in [2.45, 2.75) is 0 Å². The SMILES string of the molecule is COc1cc(C#N)ccc1NC(=O)c1ccc(O)c(Cl)c1. The van der Waals surface area contributed by atoms with Crippen molar-refractivity contribution in [3.63, 3.8) is 0 Å². The molecule has 0 heterocycles. The number of amides is 1. The fraction of sp³-hybridized carbons (Fsp3) is 0.0667. The number of halogens is 1. The standard InChI is InChI=1S/C15H11ClN2O3/c1-21-14-6-9(8-17)2-4-12(14)18-15(20)10-3-5-13(19)11(16)7-10/h2-7,19H,1H3,(H,18,20). The van der Waals surface area contributed by atoms with Gasteiger partial charge in [-0.05, 0) is 30.3 Å². The highest BCUT2D eigenvalue weighted by atomic mass is 35.5. The number of nitrogens with one attached hydrogen (secondary N) is 1. The van der Waals surface area contributed by atoms with E-state index in [1.54, 1.807) is 12.1 Å². The first-order valence-corrected chi connectivity index (χ1v) is 6.31. The number of nitrogens with zero attached hydrogens (tertiary/aromatic N) is 1. The molecule has 0 atom stereocenters. The summed E-state index contributed by atoms with van der Waals surface area (Å²) in [6, 6.07) is 10.8. The second-order valence-corrected chi connectivity index (χ2v) is 4.55. The minimum Gasteiger partial charge on any atom is -0.506 e. The second-order valence-electron chi connectivity index (χ2n) is 4.15. The van der Waals surface area contributed by atoms with Gasteiger partial charge in [-0.25, -0.2) is 0 Å². The number of methoxy groups -OCH3 is 1. The molecule has 106 valence electrons. The summed E-state index contributed by atoms with van der Waals surface area (Å²) < 4.78 is 5.14. The Kier molecular flexibility index (Phi) is 4.31. The Morgan fingerprint density at radius 1 is 1.33 bits per heavy atom. The second kappa shape index (κ2) is 6.16. The zero-order valence-electron chi connectivity index (χ0n) is 11.1. The number of hydrogen-bond acceptors (Lipinski definition) is 4. The van der Waals surface area contributed by atoms with Crippen molar-refractivity contribution < 1.29 is 14.6 Å². The van der Waals surface area contributed by atoms with Crippen molar-refractivity contribution in [2.24, 2.45) is 0 Å². The van der Waals surface area contributed by atoms with Crippen LogP contribution >= 0.6 is 11.6 Å². The van der Waals surface area contributed by atoms with E-state index in [1.165, 1.54) is 31.4 Å². The van der Waals surface area contributed by atoms with Gasteiger partial charge < -0.3 is 15.2 Å². The molecule has 21 heavy (non-hydrogen) atoms. The van der Waals surface area contributed by atoms with E-state index in [4.69, 9.17) is 21.6 Å². The molecule has 0 saturated carbocycles. The highest BCUT2D eigenvalue weighted by molar-refractivity contribution is 6.32. The summed E-state index contributed by atoms with van der Waals surface area (Å²) in [4.78, 5) is 12.1. The molecular weight excluding hydrogens is 292 g/mol. The largest absolute Gasteiger partial charge is 0.506 e. The Hall–Kier alpha value is -2.71. The minimum atomic E-state index is -0.403. The molecule has 0 saturated heterocycles. The summed E-state index contributed by atoms with van der Waals surface area (Å²) in [5, 5.41) is 20.9. The number of phenols is 1. The highest BCUT2D eigenvalue weighted by Crippen LogP contribution is 2.27. The first kappa shape index (κ1) is 14.7. The molecule has 0 aliphatic heterocycles. The van der Waals surface area contributed by atoms with Crippen LogP contribution in [0.15, 0.2) is 36.4 Å². The average Bonchev–Trinajstić information content (AvgIpc) is 2.50. The number of phenolic OH excluding ortho intramolecular Hbond substituents is 1. The van der Waals surface area contributed by atoms with Gasteiger partial charge in [-0.3, -0.25) is 4.79 Å². The predicted octanol–water partition coefficient (Wildman–Crippen LogP) is 3.18. The lowest BCUT2D eigenvalue weighted by molar-refractivity contribution is 0.102. The van der Waals surface area contributed by atoms with E-state index >= 15 is 0 Å². The van der Waals surface area contributed by atoms with Crippen LogP contribution in [0.1, 0.15) is 15.9 Å². The Morgan fingerprint density at radius 3 is 2.71 bits per heavy atom. The highest BCUT2D eigenvalue weighted by Gasteiger charge is 2.12. The number of hydrogen-bond donors (Lipinski definition) is 2. The van der Waals surface area contributed by atoms with E-state index in [-0.39, 0.29) is 10.8 Å². The van der Waals surface area contributed by atoms with Crippen molar-refractivity contribution in [3.8, 4) is 17.6 Å². The van der Waals surface area contributed by atoms with Crippen LogP contribution < -0.4 is 10.1 Å². The van der Waals surface area contributed by atoms with Gasteiger partial charge in [0.15, 0.2) is 0 Å². The van der Waals surface area contributed by atoms with Crippen LogP contribution in [0.2, 0.25) is 5.02 Å². The summed E-state index contributed by atoms with van der Waals surface area (Å²) in [5.41, 5.74) is 1.16. The number of carbonyl (C=O) groups excluding carboxylic acids is 1. The summed E-state index contributed by atoms with van der Waals surface area (Å²) in [6.45, 7) is 0. The fourth-order valence-electron chi connectivity index (χ4n) is 1.71. The monoisotopic (exact) mass is 302 g/mol. The van der Waals surface area contributed by atoms with Crippen molar-refractivity contribution in [2.75, 3.05) is 12.4 Å². The molecule has 2 rings (SSSR count). The average molecular weight is 303 g/mol. The molecule has 5 nitrogen and oxygen atoms in total. The van der Waals surface area contributed by atoms with Gasteiger partial charge in [0.25, 0.3) is 5.91 Å². The van der Waals surface area contributed by atoms with Crippen molar-refractivity contribution in [1.82, 2.24) is 0 Å². The number of anilines is 1. The fourth-order valence-corrected chi connectivity index (χ4v) is 1.89. The third kappa shape index (κ3) is 3.25. The molecule has 2 N–H and O–H groups in total. The van der Waals surface area contributed by atoms with Gasteiger partial charge in [0, 0.05) is 11.6 Å². The number of nitriles is 1. The molecule has 0 aliphatic carbocycles. The van der Waals surface area contributed by atoms with Crippen LogP contribution in [0.3, 0.4) is 0 Å². The van der Waals surface area contributed by atoms with Crippen molar-refractivity contribution in [3.05, 3.63) is 52.5 Å². The molecule has 0 fully saturated rings. The van der Waals surface area contributed by atoms with Gasteiger partial charge in [0.05, 0.1) is 29.5 Å². The summed E-state index contributed by atoms with van der Waals surface area (Å²) >= 11 is 5.77. The molecule has 0 bridgehead atoms. The van der Waals surface area contributed by atoms with E-state index in [9.17, 15) is 9.90 Å². The number of rotatable bonds is 3. The van der Waals surface area contributed by atoms with E-state index in [2.05, 4.69) is 5.32 Å². The molecule has 0 radical (unpaired) electrons. The van der Waals surface area contributed by atoms with Crippen LogP contribution in [0.5, 0.6) is 11.5 Å². The maximum absolute atomic E-state index is 12.1. The Balaban J connectivity index is 2.27. The number of benzene rings is 2. The summed E-state index contributed by atoms with van der Waals surface area (Å²) in [5.74, 6) is -0.114. The molecule has 6 heteroatoms. The summed E-state index contributed by atoms with van der Waals surface area (Å²) in [7, 11) is 1.45. The smallest absolute Gasteiger partial charge is 0.255 e. The lowest BCUT2D eigenvalue weighted by Gasteiger charge is -2.10. The van der Waals surface area contributed by atoms with E-state index < -0.39 is 5.91 Å². The van der Waals surface area contributed by atoms with Gasteiger partial charge >= 0.3 is 0 Å². The minimum absolute atomic E-state index is 0.0921. The van der Waals surface area contributed by atoms with Gasteiger partial charge in [-0.15, -0.1) is 0 Å². The number of ether oxygens (including phenoxy) is 1. The number of aromatic hydroxyl groups is 1. The molecule has 2 aromatic rings. The van der Waals surface area contributed by atoms with Crippen molar-refractivity contribution >= 4 is 23.2 Å². The van der Waals surface area contributed by atoms with Gasteiger partial charge in [-0.2, -0.15) is 5.26 Å². The van der Waals surface area contributed by atoms with Crippen LogP contribution in [0, 0.1) is 11.3 Å². The Labute approximate surface area is 126 Å². The van der Waals surface area contributed by atoms with Gasteiger partial charge in [0.1, 0.15) is 11.5 Å². The molecule has 2 aromatic carbocycles. The Morgan fingerprint density at radius 2 is 2.10 bits per heavy atom. The summed E-state index contributed by atoms with van der Waals surface area (Å²) in [6.07, 6.45) is 0. The topological polar surface area (TPSA) is 82.3 Å². The molecule has 0 spiro atoms. The zero-order valence-corrected chi connectivity index (χ0v) is 11.8. The van der Waals surface area contributed by atoms with E-state index in [1.807, 2.05) is 6.07 Å². The van der Waals surface area contributed by atoms with E-state index in [0.29, 0.717) is 22.6 Å². The molecule has 0 aromatic heterocycles. The predicted molar refractivity (Wildman–Crippen MR) is 78.8 cm³/mol. The first-order chi connectivity index (χ1) is 10.0. The quantitative estimate of drug-likeness (QED) is 0.912. The first-order valence-electron chi connectivity index (χ1n) is 5.93. The molecule has 0 unspecified atom stereocenters. The third-order valence-electron chi connectivity index (χ3n) is 2.79. The maximum Gasteiger partial charge on any atom is 0.255 e. The van der Waals surface area contributed by atoms with Crippen LogP contribution in [-0.2, 0) is 0 Å².